The van der Waals surface area contributed by atoms with Gasteiger partial charge in [-0.05, 0) is 50.9 Å². The molecule has 29 heavy (non-hydrogen) atoms. The molecule has 1 atom stereocenters. The maximum Gasteiger partial charge on any atom is 0.419 e. The Bertz CT molecular complexity index is 740. The first-order valence-electron chi connectivity index (χ1n) is 9.86. The molecule has 1 aromatic heterocycles. The first kappa shape index (κ1) is 23.7. The SMILES string of the molecule is CCC(C)/C(C)=N\C=C(/C)c1nc(NC2CCN(SC)CC2)ncc1C(F)(F)F. The van der Waals surface area contributed by atoms with Crippen molar-refractivity contribution in [2.24, 2.45) is 10.9 Å². The van der Waals surface area contributed by atoms with E-state index in [-0.39, 0.29) is 23.6 Å². The number of allylic oxidation sites excluding steroid dienone is 1. The van der Waals surface area contributed by atoms with Gasteiger partial charge in [-0.15, -0.1) is 0 Å². The van der Waals surface area contributed by atoms with Crippen LogP contribution in [0.25, 0.3) is 5.57 Å². The van der Waals surface area contributed by atoms with Gasteiger partial charge in [-0.3, -0.25) is 9.30 Å². The molecule has 5 nitrogen and oxygen atoms in total. The summed E-state index contributed by atoms with van der Waals surface area (Å²) in [7, 11) is 0. The maximum atomic E-state index is 13.5. The first-order chi connectivity index (χ1) is 13.7. The Morgan fingerprint density at radius 2 is 2.03 bits per heavy atom. The van der Waals surface area contributed by atoms with Gasteiger partial charge < -0.3 is 5.32 Å². The number of anilines is 1. The third kappa shape index (κ3) is 6.70. The van der Waals surface area contributed by atoms with Gasteiger partial charge in [0.2, 0.25) is 5.95 Å². The molecule has 0 amide bonds. The number of nitrogens with zero attached hydrogens (tertiary/aromatic N) is 4. The average Bonchev–Trinajstić information content (AvgIpc) is 2.70. The average molecular weight is 430 g/mol. The van der Waals surface area contributed by atoms with Crippen molar-refractivity contribution >= 4 is 29.2 Å². The fourth-order valence-corrected chi connectivity index (χ4v) is 3.58. The number of nitrogens with one attached hydrogen (secondary N) is 1. The molecule has 0 saturated carbocycles. The lowest BCUT2D eigenvalue weighted by Gasteiger charge is -2.30. The zero-order chi connectivity index (χ0) is 21.6. The van der Waals surface area contributed by atoms with E-state index in [2.05, 4.69) is 24.6 Å². The summed E-state index contributed by atoms with van der Waals surface area (Å²) in [5.74, 6) is 0.502. The largest absolute Gasteiger partial charge is 0.419 e. The first-order valence-corrected chi connectivity index (χ1v) is 11.0. The molecular weight excluding hydrogens is 399 g/mol. The number of alkyl halides is 3. The van der Waals surface area contributed by atoms with Crippen LogP contribution in [0.15, 0.2) is 17.4 Å². The van der Waals surface area contributed by atoms with Crippen molar-refractivity contribution < 1.29 is 13.2 Å². The van der Waals surface area contributed by atoms with Crippen molar-refractivity contribution in [1.82, 2.24) is 14.3 Å². The molecule has 1 aromatic rings. The summed E-state index contributed by atoms with van der Waals surface area (Å²) in [6.07, 6.45) is 2.57. The fraction of sp³-hybridized carbons (Fsp3) is 0.650. The van der Waals surface area contributed by atoms with Crippen LogP contribution in [0.4, 0.5) is 19.1 Å². The fourth-order valence-electron chi connectivity index (χ4n) is 3.01. The molecule has 1 aliphatic rings. The normalized spacial score (nSPS) is 18.8. The predicted octanol–water partition coefficient (Wildman–Crippen LogP) is 5.52. The molecule has 1 fully saturated rings. The topological polar surface area (TPSA) is 53.4 Å². The zero-order valence-electron chi connectivity index (χ0n) is 17.7. The highest BCUT2D eigenvalue weighted by Gasteiger charge is 2.35. The molecular formula is C20H30F3N5S. The predicted molar refractivity (Wildman–Crippen MR) is 115 cm³/mol. The number of hydrogen-bond donors (Lipinski definition) is 1. The minimum atomic E-state index is -4.53. The minimum absolute atomic E-state index is 0.128. The lowest BCUT2D eigenvalue weighted by atomic mass is 10.0. The Hall–Kier alpha value is -1.61. The van der Waals surface area contributed by atoms with Crippen LogP contribution in [0, 0.1) is 5.92 Å². The molecule has 0 spiro atoms. The van der Waals surface area contributed by atoms with Crippen LogP contribution in [0.1, 0.15) is 58.2 Å². The molecule has 0 aromatic carbocycles. The van der Waals surface area contributed by atoms with Crippen LogP contribution in [0.2, 0.25) is 0 Å². The van der Waals surface area contributed by atoms with E-state index in [4.69, 9.17) is 0 Å². The van der Waals surface area contributed by atoms with E-state index in [1.807, 2.05) is 27.0 Å². The van der Waals surface area contributed by atoms with Crippen LogP contribution < -0.4 is 5.32 Å². The minimum Gasteiger partial charge on any atom is -0.351 e. The van der Waals surface area contributed by atoms with Crippen LogP contribution in [0.3, 0.4) is 0 Å². The highest BCUT2D eigenvalue weighted by molar-refractivity contribution is 7.96. The summed E-state index contributed by atoms with van der Waals surface area (Å²) in [5, 5.41) is 3.20. The van der Waals surface area contributed by atoms with Crippen LogP contribution in [0.5, 0.6) is 0 Å². The molecule has 162 valence electrons. The molecule has 0 radical (unpaired) electrons. The van der Waals surface area contributed by atoms with E-state index in [9.17, 15) is 13.2 Å². The number of aromatic nitrogens is 2. The van der Waals surface area contributed by atoms with Crippen molar-refractivity contribution in [3.63, 3.8) is 0 Å². The van der Waals surface area contributed by atoms with E-state index in [1.165, 1.54) is 6.20 Å². The summed E-state index contributed by atoms with van der Waals surface area (Å²) in [6, 6.07) is 0.151. The lowest BCUT2D eigenvalue weighted by Crippen LogP contribution is -2.35. The summed E-state index contributed by atoms with van der Waals surface area (Å²) >= 11 is 1.71. The van der Waals surface area contributed by atoms with Crippen molar-refractivity contribution in [3.05, 3.63) is 23.7 Å². The third-order valence-electron chi connectivity index (χ3n) is 5.30. The second-order valence-corrected chi connectivity index (χ2v) is 8.26. The second-order valence-electron chi connectivity index (χ2n) is 7.38. The summed E-state index contributed by atoms with van der Waals surface area (Å²) in [4.78, 5) is 12.5. The van der Waals surface area contributed by atoms with Crippen molar-refractivity contribution in [2.45, 2.75) is 59.2 Å². The van der Waals surface area contributed by atoms with Gasteiger partial charge in [0.05, 0.1) is 11.3 Å². The summed E-state index contributed by atoms with van der Waals surface area (Å²) in [5.41, 5.74) is 0.277. The molecule has 0 aliphatic carbocycles. The quantitative estimate of drug-likeness (QED) is 0.457. The number of piperidine rings is 1. The van der Waals surface area contributed by atoms with Gasteiger partial charge >= 0.3 is 6.18 Å². The Balaban J connectivity index is 2.27. The Morgan fingerprint density at radius 3 is 2.59 bits per heavy atom. The van der Waals surface area contributed by atoms with Gasteiger partial charge in [0, 0.05) is 37.2 Å². The molecule has 9 heteroatoms. The van der Waals surface area contributed by atoms with E-state index < -0.39 is 11.7 Å². The monoisotopic (exact) mass is 429 g/mol. The molecule has 1 unspecified atom stereocenters. The molecule has 1 saturated heterocycles. The molecule has 1 aliphatic heterocycles. The Labute approximate surface area is 175 Å². The Kier molecular flexibility index (Phi) is 8.51. The zero-order valence-corrected chi connectivity index (χ0v) is 18.5. The summed E-state index contributed by atoms with van der Waals surface area (Å²) in [6.45, 7) is 9.43. The van der Waals surface area contributed by atoms with Gasteiger partial charge in [-0.25, -0.2) is 9.97 Å². The van der Waals surface area contributed by atoms with Crippen LogP contribution in [-0.4, -0.2) is 45.4 Å². The standard InChI is InChI=1S/C20H30F3N5S/c1-6-13(2)15(4)24-11-14(3)18-17(20(21,22)23)12-25-19(27-18)26-16-7-9-28(29-5)10-8-16/h11-13,16H,6-10H2,1-5H3,(H,25,26,27)/b14-11+,24-15-. The lowest BCUT2D eigenvalue weighted by molar-refractivity contribution is -0.138. The molecule has 0 bridgehead atoms. The van der Waals surface area contributed by atoms with E-state index in [0.717, 1.165) is 44.3 Å². The van der Waals surface area contributed by atoms with Gasteiger partial charge in [0.15, 0.2) is 0 Å². The van der Waals surface area contributed by atoms with Gasteiger partial charge in [0.1, 0.15) is 0 Å². The van der Waals surface area contributed by atoms with Crippen molar-refractivity contribution in [2.75, 3.05) is 24.7 Å². The molecule has 2 heterocycles. The Morgan fingerprint density at radius 1 is 1.38 bits per heavy atom. The smallest absolute Gasteiger partial charge is 0.351 e. The van der Waals surface area contributed by atoms with Gasteiger partial charge in [-0.1, -0.05) is 25.8 Å². The maximum absolute atomic E-state index is 13.5. The van der Waals surface area contributed by atoms with E-state index in [1.54, 1.807) is 18.9 Å². The van der Waals surface area contributed by atoms with Crippen LogP contribution in [-0.2, 0) is 6.18 Å². The second kappa shape index (κ2) is 10.4. The number of hydrogen-bond acceptors (Lipinski definition) is 6. The van der Waals surface area contributed by atoms with Crippen LogP contribution >= 0.6 is 11.9 Å². The van der Waals surface area contributed by atoms with Crippen molar-refractivity contribution in [3.8, 4) is 0 Å². The molecule has 2 rings (SSSR count). The molecule has 1 N–H and O–H groups in total. The van der Waals surface area contributed by atoms with Crippen molar-refractivity contribution in [1.29, 1.82) is 0 Å². The number of aliphatic imine (C=N–C) groups is 1. The third-order valence-corrected chi connectivity index (χ3v) is 6.18. The number of halogens is 3. The number of rotatable bonds is 7. The highest BCUT2D eigenvalue weighted by atomic mass is 32.2. The van der Waals surface area contributed by atoms with E-state index >= 15 is 0 Å². The van der Waals surface area contributed by atoms with Gasteiger partial charge in [0.25, 0.3) is 0 Å². The highest BCUT2D eigenvalue weighted by Crippen LogP contribution is 2.34. The van der Waals surface area contributed by atoms with Gasteiger partial charge in [-0.2, -0.15) is 13.2 Å². The van der Waals surface area contributed by atoms with E-state index in [0.29, 0.717) is 5.57 Å². The summed E-state index contributed by atoms with van der Waals surface area (Å²) < 4.78 is 42.7.